The van der Waals surface area contributed by atoms with Crippen molar-refractivity contribution in [1.82, 2.24) is 0 Å². The van der Waals surface area contributed by atoms with Crippen LogP contribution in [0.5, 0.6) is 0 Å². The van der Waals surface area contributed by atoms with Gasteiger partial charge in [0.1, 0.15) is 11.6 Å². The standard InChI is InChI=1S/C17H19F2N3O/c1-11(23)21-16-9-13(5-6-14(16)18)20-10-12-4-7-17(22(2)3)15(19)8-12/h4-9,20H,10H2,1-3H3,(H,21,23). The summed E-state index contributed by atoms with van der Waals surface area (Å²) in [5.74, 6) is -1.15. The minimum Gasteiger partial charge on any atom is -0.381 e. The van der Waals surface area contributed by atoms with Crippen molar-refractivity contribution < 1.29 is 13.6 Å². The quantitative estimate of drug-likeness (QED) is 0.885. The largest absolute Gasteiger partial charge is 0.381 e. The van der Waals surface area contributed by atoms with Gasteiger partial charge >= 0.3 is 0 Å². The Hall–Kier alpha value is -2.63. The molecule has 4 nitrogen and oxygen atoms in total. The molecule has 2 N–H and O–H groups in total. The molecule has 0 aliphatic carbocycles. The highest BCUT2D eigenvalue weighted by Crippen LogP contribution is 2.22. The lowest BCUT2D eigenvalue weighted by atomic mass is 10.1. The van der Waals surface area contributed by atoms with Gasteiger partial charge in [-0.1, -0.05) is 6.07 Å². The Labute approximate surface area is 134 Å². The van der Waals surface area contributed by atoms with Crippen LogP contribution in [0.25, 0.3) is 0 Å². The second-order valence-corrected chi connectivity index (χ2v) is 5.41. The molecular weight excluding hydrogens is 300 g/mol. The van der Waals surface area contributed by atoms with E-state index in [9.17, 15) is 13.6 Å². The molecule has 0 aliphatic rings. The van der Waals surface area contributed by atoms with Gasteiger partial charge in [-0.3, -0.25) is 4.79 Å². The molecular formula is C17H19F2N3O. The van der Waals surface area contributed by atoms with E-state index in [0.717, 1.165) is 5.56 Å². The molecule has 122 valence electrons. The summed E-state index contributed by atoms with van der Waals surface area (Å²) in [5.41, 5.74) is 2.02. The average molecular weight is 319 g/mol. The van der Waals surface area contributed by atoms with Crippen LogP contribution in [-0.4, -0.2) is 20.0 Å². The minimum atomic E-state index is -0.507. The summed E-state index contributed by atoms with van der Waals surface area (Å²) in [5, 5.41) is 5.50. The van der Waals surface area contributed by atoms with Crippen molar-refractivity contribution >= 4 is 23.0 Å². The van der Waals surface area contributed by atoms with Crippen LogP contribution < -0.4 is 15.5 Å². The number of benzene rings is 2. The Balaban J connectivity index is 2.09. The Morgan fingerprint density at radius 3 is 2.43 bits per heavy atom. The molecule has 0 fully saturated rings. The number of amides is 1. The summed E-state index contributed by atoms with van der Waals surface area (Å²) >= 11 is 0. The van der Waals surface area contributed by atoms with Gasteiger partial charge in [0, 0.05) is 33.3 Å². The molecule has 23 heavy (non-hydrogen) atoms. The Bertz CT molecular complexity index is 717. The van der Waals surface area contributed by atoms with Crippen LogP contribution >= 0.6 is 0 Å². The average Bonchev–Trinajstić information content (AvgIpc) is 2.47. The molecule has 0 aromatic heterocycles. The number of hydrogen-bond acceptors (Lipinski definition) is 3. The number of carbonyl (C=O) groups is 1. The number of anilines is 3. The molecule has 0 saturated heterocycles. The summed E-state index contributed by atoms with van der Waals surface area (Å²) in [4.78, 5) is 12.7. The summed E-state index contributed by atoms with van der Waals surface area (Å²) in [6.07, 6.45) is 0. The zero-order valence-electron chi connectivity index (χ0n) is 13.3. The molecule has 2 rings (SSSR count). The monoisotopic (exact) mass is 319 g/mol. The van der Waals surface area contributed by atoms with E-state index in [1.165, 1.54) is 25.1 Å². The number of nitrogens with zero attached hydrogens (tertiary/aromatic N) is 1. The topological polar surface area (TPSA) is 44.4 Å². The van der Waals surface area contributed by atoms with E-state index in [0.29, 0.717) is 17.9 Å². The lowest BCUT2D eigenvalue weighted by Gasteiger charge is -2.15. The van der Waals surface area contributed by atoms with Crippen molar-refractivity contribution in [2.75, 3.05) is 29.6 Å². The third-order valence-electron chi connectivity index (χ3n) is 3.27. The predicted molar refractivity (Wildman–Crippen MR) is 88.8 cm³/mol. The number of rotatable bonds is 5. The van der Waals surface area contributed by atoms with Crippen LogP contribution in [0, 0.1) is 11.6 Å². The molecule has 0 unspecified atom stereocenters. The SMILES string of the molecule is CC(=O)Nc1cc(NCc2ccc(N(C)C)c(F)c2)ccc1F. The van der Waals surface area contributed by atoms with Crippen LogP contribution in [0.2, 0.25) is 0 Å². The van der Waals surface area contributed by atoms with Crippen LogP contribution in [0.15, 0.2) is 36.4 Å². The summed E-state index contributed by atoms with van der Waals surface area (Å²) in [6, 6.07) is 9.32. The zero-order valence-corrected chi connectivity index (χ0v) is 13.3. The summed E-state index contributed by atoms with van der Waals surface area (Å²) < 4.78 is 27.5. The van der Waals surface area contributed by atoms with Gasteiger partial charge in [0.2, 0.25) is 5.91 Å². The van der Waals surface area contributed by atoms with E-state index in [1.54, 1.807) is 31.1 Å². The Kier molecular flexibility index (Phi) is 5.16. The lowest BCUT2D eigenvalue weighted by molar-refractivity contribution is -0.114. The van der Waals surface area contributed by atoms with E-state index >= 15 is 0 Å². The second-order valence-electron chi connectivity index (χ2n) is 5.41. The summed E-state index contributed by atoms with van der Waals surface area (Å²) in [7, 11) is 3.55. The van der Waals surface area contributed by atoms with E-state index in [2.05, 4.69) is 10.6 Å². The first-order valence-corrected chi connectivity index (χ1v) is 7.13. The van der Waals surface area contributed by atoms with Crippen molar-refractivity contribution in [3.8, 4) is 0 Å². The van der Waals surface area contributed by atoms with E-state index < -0.39 is 5.82 Å². The molecule has 0 radical (unpaired) electrons. The third kappa shape index (κ3) is 4.42. The molecule has 0 heterocycles. The van der Waals surface area contributed by atoms with Crippen molar-refractivity contribution in [1.29, 1.82) is 0 Å². The van der Waals surface area contributed by atoms with Gasteiger partial charge in [0.05, 0.1) is 11.4 Å². The Morgan fingerprint density at radius 2 is 1.83 bits per heavy atom. The molecule has 0 spiro atoms. The molecule has 0 saturated carbocycles. The molecule has 2 aromatic rings. The molecule has 6 heteroatoms. The van der Waals surface area contributed by atoms with Gasteiger partial charge in [-0.2, -0.15) is 0 Å². The predicted octanol–water partition coefficient (Wildman–Crippen LogP) is 3.60. The van der Waals surface area contributed by atoms with Crippen LogP contribution in [0.4, 0.5) is 25.8 Å². The van der Waals surface area contributed by atoms with Crippen molar-refractivity contribution in [3.63, 3.8) is 0 Å². The first-order valence-electron chi connectivity index (χ1n) is 7.13. The molecule has 1 amide bonds. The van der Waals surface area contributed by atoms with Crippen LogP contribution in [0.3, 0.4) is 0 Å². The molecule has 0 bridgehead atoms. The smallest absolute Gasteiger partial charge is 0.221 e. The van der Waals surface area contributed by atoms with E-state index in [1.807, 2.05) is 6.07 Å². The highest BCUT2D eigenvalue weighted by molar-refractivity contribution is 5.89. The van der Waals surface area contributed by atoms with Crippen molar-refractivity contribution in [2.24, 2.45) is 0 Å². The number of carbonyl (C=O) groups excluding carboxylic acids is 1. The lowest BCUT2D eigenvalue weighted by Crippen LogP contribution is -2.11. The molecule has 0 aliphatic heterocycles. The number of hydrogen-bond donors (Lipinski definition) is 2. The Morgan fingerprint density at radius 1 is 1.09 bits per heavy atom. The molecule has 0 atom stereocenters. The third-order valence-corrected chi connectivity index (χ3v) is 3.27. The van der Waals surface area contributed by atoms with Crippen molar-refractivity contribution in [2.45, 2.75) is 13.5 Å². The van der Waals surface area contributed by atoms with Gasteiger partial charge in [-0.15, -0.1) is 0 Å². The molecule has 2 aromatic carbocycles. The normalized spacial score (nSPS) is 10.3. The highest BCUT2D eigenvalue weighted by Gasteiger charge is 2.07. The highest BCUT2D eigenvalue weighted by atomic mass is 19.1. The van der Waals surface area contributed by atoms with Crippen LogP contribution in [0.1, 0.15) is 12.5 Å². The van der Waals surface area contributed by atoms with Gasteiger partial charge in [-0.25, -0.2) is 8.78 Å². The van der Waals surface area contributed by atoms with Gasteiger partial charge in [-0.05, 0) is 35.9 Å². The fourth-order valence-corrected chi connectivity index (χ4v) is 2.15. The van der Waals surface area contributed by atoms with Crippen molar-refractivity contribution in [3.05, 3.63) is 53.6 Å². The second kappa shape index (κ2) is 7.09. The fraction of sp³-hybridized carbons (Fsp3) is 0.235. The minimum absolute atomic E-state index is 0.108. The number of halogens is 2. The number of nitrogens with one attached hydrogen (secondary N) is 2. The van der Waals surface area contributed by atoms with Gasteiger partial charge in [0.25, 0.3) is 0 Å². The van der Waals surface area contributed by atoms with Gasteiger partial charge in [0.15, 0.2) is 0 Å². The first kappa shape index (κ1) is 16.7. The van der Waals surface area contributed by atoms with Gasteiger partial charge < -0.3 is 15.5 Å². The first-order chi connectivity index (χ1) is 10.9. The maximum atomic E-state index is 13.9. The van der Waals surface area contributed by atoms with E-state index in [4.69, 9.17) is 0 Å². The summed E-state index contributed by atoms with van der Waals surface area (Å²) in [6.45, 7) is 1.70. The maximum absolute atomic E-state index is 13.9. The fourth-order valence-electron chi connectivity index (χ4n) is 2.15. The van der Waals surface area contributed by atoms with E-state index in [-0.39, 0.29) is 17.4 Å². The maximum Gasteiger partial charge on any atom is 0.221 e. The van der Waals surface area contributed by atoms with Crippen LogP contribution in [-0.2, 0) is 11.3 Å². The zero-order chi connectivity index (χ0) is 17.0.